The second-order valence-corrected chi connectivity index (χ2v) is 6.43. The van der Waals surface area contributed by atoms with Gasteiger partial charge in [-0.3, -0.25) is 19.2 Å². The number of carboxylic acid groups (broad SMARTS) is 2. The van der Waals surface area contributed by atoms with Crippen LogP contribution in [0.4, 0.5) is 0 Å². The Bertz CT molecular complexity index is 583. The molecule has 0 heterocycles. The fraction of sp³-hybridized carbons (Fsp3) is 0.722. The monoisotopic (exact) mass is 433 g/mol. The van der Waals surface area contributed by atoms with Crippen molar-refractivity contribution in [3.63, 3.8) is 0 Å². The number of aliphatic carboxylic acids is 2. The normalized spacial score (nSPS) is 12.6. The van der Waals surface area contributed by atoms with E-state index < -0.39 is 35.8 Å². The molecule has 0 fully saturated rings. The van der Waals surface area contributed by atoms with Crippen LogP contribution in [0, 0.1) is 0 Å². The number of carbonyl (C=O) groups excluding carboxylic acids is 3. The highest BCUT2D eigenvalue weighted by molar-refractivity contribution is 5.85. The van der Waals surface area contributed by atoms with Crippen molar-refractivity contribution in [2.45, 2.75) is 44.7 Å². The van der Waals surface area contributed by atoms with Crippen LogP contribution in [0.5, 0.6) is 0 Å². The Labute approximate surface area is 174 Å². The molecule has 0 saturated carbocycles. The van der Waals surface area contributed by atoms with Crippen LogP contribution in [0.2, 0.25) is 0 Å². The van der Waals surface area contributed by atoms with Crippen molar-refractivity contribution in [3.05, 3.63) is 0 Å². The maximum absolute atomic E-state index is 11.9. The number of rotatable bonds is 18. The van der Waals surface area contributed by atoms with E-state index in [1.807, 2.05) is 0 Å². The van der Waals surface area contributed by atoms with Crippen molar-refractivity contribution in [2.75, 3.05) is 40.0 Å². The minimum Gasteiger partial charge on any atom is -0.480 e. The molecule has 0 saturated heterocycles. The van der Waals surface area contributed by atoms with Gasteiger partial charge >= 0.3 is 11.9 Å². The standard InChI is InChI=1S/C18H31N3O9/c1-12(22)11-30-10-9-29-8-7-20-15(23)5-4-14(18(27)28)21-16(24)6-3-13(19-2)17(25)26/h13-14,19H,3-11H2,1-2H3,(H,20,23)(H,21,24)(H,25,26)(H,27,28)/t13-,14-/m1/s1. The van der Waals surface area contributed by atoms with E-state index in [1.54, 1.807) is 0 Å². The van der Waals surface area contributed by atoms with Crippen LogP contribution in [0.1, 0.15) is 32.6 Å². The van der Waals surface area contributed by atoms with Gasteiger partial charge in [-0.1, -0.05) is 0 Å². The fourth-order valence-electron chi connectivity index (χ4n) is 2.25. The van der Waals surface area contributed by atoms with Gasteiger partial charge in [-0.05, 0) is 26.8 Å². The van der Waals surface area contributed by atoms with Crippen molar-refractivity contribution in [1.82, 2.24) is 16.0 Å². The van der Waals surface area contributed by atoms with Gasteiger partial charge in [-0.25, -0.2) is 4.79 Å². The second-order valence-electron chi connectivity index (χ2n) is 6.43. The highest BCUT2D eigenvalue weighted by Gasteiger charge is 2.22. The molecule has 0 bridgehead atoms. The molecule has 172 valence electrons. The summed E-state index contributed by atoms with van der Waals surface area (Å²) in [4.78, 5) is 56.5. The SMILES string of the molecule is CN[C@H](CCC(=O)N[C@H](CCC(=O)NCCOCCOCC(C)=O)C(=O)O)C(=O)O. The first-order valence-corrected chi connectivity index (χ1v) is 9.51. The van der Waals surface area contributed by atoms with Gasteiger partial charge in [0.2, 0.25) is 11.8 Å². The zero-order valence-electron chi connectivity index (χ0n) is 17.3. The topological polar surface area (TPSA) is 180 Å². The van der Waals surface area contributed by atoms with Crippen molar-refractivity contribution in [2.24, 2.45) is 0 Å². The molecule has 0 rings (SSSR count). The summed E-state index contributed by atoms with van der Waals surface area (Å²) in [6.07, 6.45) is -0.389. The van der Waals surface area contributed by atoms with Crippen LogP contribution in [0.15, 0.2) is 0 Å². The van der Waals surface area contributed by atoms with E-state index in [-0.39, 0.29) is 64.4 Å². The molecule has 0 aromatic carbocycles. The van der Waals surface area contributed by atoms with E-state index in [0.717, 1.165) is 0 Å². The molecule has 30 heavy (non-hydrogen) atoms. The maximum Gasteiger partial charge on any atom is 0.326 e. The number of hydrogen-bond acceptors (Lipinski definition) is 8. The van der Waals surface area contributed by atoms with Crippen LogP contribution < -0.4 is 16.0 Å². The Morgan fingerprint density at radius 3 is 1.97 bits per heavy atom. The maximum atomic E-state index is 11.9. The van der Waals surface area contributed by atoms with E-state index in [9.17, 15) is 29.1 Å². The largest absolute Gasteiger partial charge is 0.480 e. The molecule has 0 spiro atoms. The van der Waals surface area contributed by atoms with Gasteiger partial charge in [-0.2, -0.15) is 0 Å². The van der Waals surface area contributed by atoms with Crippen LogP contribution >= 0.6 is 0 Å². The lowest BCUT2D eigenvalue weighted by molar-refractivity contribution is -0.143. The first-order chi connectivity index (χ1) is 14.2. The molecular formula is C18H31N3O9. The molecule has 5 N–H and O–H groups in total. The number of carbonyl (C=O) groups is 5. The third-order valence-electron chi connectivity index (χ3n) is 3.85. The first kappa shape index (κ1) is 27.4. The van der Waals surface area contributed by atoms with Crippen molar-refractivity contribution < 1.29 is 43.7 Å². The molecule has 2 atom stereocenters. The summed E-state index contributed by atoms with van der Waals surface area (Å²) >= 11 is 0. The number of hydrogen-bond donors (Lipinski definition) is 5. The zero-order valence-corrected chi connectivity index (χ0v) is 17.3. The molecular weight excluding hydrogens is 402 g/mol. The van der Waals surface area contributed by atoms with Crippen LogP contribution in [0.25, 0.3) is 0 Å². The Balaban J connectivity index is 4.04. The molecule has 0 unspecified atom stereocenters. The molecule has 0 aliphatic heterocycles. The summed E-state index contributed by atoms with van der Waals surface area (Å²) < 4.78 is 10.2. The molecule has 0 radical (unpaired) electrons. The lowest BCUT2D eigenvalue weighted by Gasteiger charge is -2.16. The number of ether oxygens (including phenoxy) is 2. The molecule has 0 aliphatic carbocycles. The van der Waals surface area contributed by atoms with Gasteiger partial charge in [0, 0.05) is 19.4 Å². The average Bonchev–Trinajstić information content (AvgIpc) is 2.66. The number of ketones is 1. The number of amides is 2. The fourth-order valence-corrected chi connectivity index (χ4v) is 2.25. The van der Waals surface area contributed by atoms with Gasteiger partial charge in [0.25, 0.3) is 0 Å². The summed E-state index contributed by atoms with van der Waals surface area (Å²) in [5, 5.41) is 25.5. The van der Waals surface area contributed by atoms with Gasteiger partial charge in [-0.15, -0.1) is 0 Å². The van der Waals surface area contributed by atoms with Crippen LogP contribution in [-0.4, -0.2) is 91.9 Å². The van der Waals surface area contributed by atoms with Crippen LogP contribution in [-0.2, 0) is 33.4 Å². The van der Waals surface area contributed by atoms with Crippen LogP contribution in [0.3, 0.4) is 0 Å². The summed E-state index contributed by atoms with van der Waals surface area (Å²) in [5.41, 5.74) is 0. The predicted molar refractivity (Wildman–Crippen MR) is 104 cm³/mol. The quantitative estimate of drug-likeness (QED) is 0.160. The van der Waals surface area contributed by atoms with Gasteiger partial charge in [0.1, 0.15) is 18.7 Å². The Morgan fingerprint density at radius 1 is 0.833 bits per heavy atom. The summed E-state index contributed by atoms with van der Waals surface area (Å²) in [6, 6.07) is -2.16. The highest BCUT2D eigenvalue weighted by Crippen LogP contribution is 2.02. The number of carboxylic acids is 2. The molecule has 2 amide bonds. The van der Waals surface area contributed by atoms with E-state index in [1.165, 1.54) is 14.0 Å². The number of nitrogens with one attached hydrogen (secondary N) is 3. The Morgan fingerprint density at radius 2 is 1.40 bits per heavy atom. The molecule has 0 aromatic rings. The summed E-state index contributed by atoms with van der Waals surface area (Å²) in [7, 11) is 1.45. The van der Waals surface area contributed by atoms with E-state index in [2.05, 4.69) is 16.0 Å². The number of Topliss-reactive ketones (excluding diaryl/α,β-unsaturated/α-hetero) is 1. The summed E-state index contributed by atoms with van der Waals surface area (Å²) in [6.45, 7) is 2.41. The van der Waals surface area contributed by atoms with E-state index >= 15 is 0 Å². The van der Waals surface area contributed by atoms with Crippen molar-refractivity contribution >= 4 is 29.5 Å². The molecule has 12 nitrogen and oxygen atoms in total. The second kappa shape index (κ2) is 16.3. The minimum atomic E-state index is -1.28. The highest BCUT2D eigenvalue weighted by atomic mass is 16.5. The Hall–Kier alpha value is -2.57. The van der Waals surface area contributed by atoms with Gasteiger partial charge in [0.05, 0.1) is 19.8 Å². The predicted octanol–water partition coefficient (Wildman–Crippen LogP) is -1.47. The average molecular weight is 433 g/mol. The molecule has 0 aromatic heterocycles. The molecule has 12 heteroatoms. The lowest BCUT2D eigenvalue weighted by Crippen LogP contribution is -2.42. The van der Waals surface area contributed by atoms with Crippen molar-refractivity contribution in [1.29, 1.82) is 0 Å². The smallest absolute Gasteiger partial charge is 0.326 e. The third kappa shape index (κ3) is 14.4. The first-order valence-electron chi connectivity index (χ1n) is 9.51. The number of likely N-dealkylation sites (N-methyl/N-ethyl adjacent to an activating group) is 1. The third-order valence-corrected chi connectivity index (χ3v) is 3.85. The Kier molecular flexibility index (Phi) is 14.9. The minimum absolute atomic E-state index is 0.00425. The van der Waals surface area contributed by atoms with Gasteiger partial charge in [0.15, 0.2) is 5.78 Å². The van der Waals surface area contributed by atoms with Crippen molar-refractivity contribution in [3.8, 4) is 0 Å². The van der Waals surface area contributed by atoms with E-state index in [0.29, 0.717) is 0 Å². The zero-order chi connectivity index (χ0) is 22.9. The van der Waals surface area contributed by atoms with Gasteiger partial charge < -0.3 is 35.6 Å². The molecule has 0 aliphatic rings. The van der Waals surface area contributed by atoms with E-state index in [4.69, 9.17) is 14.6 Å². The lowest BCUT2D eigenvalue weighted by atomic mass is 10.1. The summed E-state index contributed by atoms with van der Waals surface area (Å²) in [5.74, 6) is -3.48.